The van der Waals surface area contributed by atoms with Gasteiger partial charge in [0.1, 0.15) is 5.75 Å². The summed E-state index contributed by atoms with van der Waals surface area (Å²) in [5.41, 5.74) is 0.511. The highest BCUT2D eigenvalue weighted by Crippen LogP contribution is 2.27. The predicted molar refractivity (Wildman–Crippen MR) is 51.7 cm³/mol. The fraction of sp³-hybridized carbons (Fsp3) is 0.273. The first-order chi connectivity index (χ1) is 8.38. The molecule has 1 aromatic carbocycles. The average molecular weight is 260 g/mol. The van der Waals surface area contributed by atoms with Gasteiger partial charge >= 0.3 is 18.1 Å². The summed E-state index contributed by atoms with van der Waals surface area (Å²) in [7, 11) is 0. The number of halogens is 3. The molecule has 4 nitrogen and oxygen atoms in total. The van der Waals surface area contributed by atoms with E-state index >= 15 is 0 Å². The maximum atomic E-state index is 12.0. The van der Waals surface area contributed by atoms with E-state index in [1.54, 1.807) is 18.2 Å². The van der Waals surface area contributed by atoms with E-state index in [0.717, 1.165) is 0 Å². The number of hydrogen-bond acceptors (Lipinski definition) is 4. The molecule has 0 aromatic heterocycles. The number of hydrogen-bond donors (Lipinski definition) is 0. The molecule has 0 amide bonds. The van der Waals surface area contributed by atoms with E-state index in [1.807, 2.05) is 0 Å². The summed E-state index contributed by atoms with van der Waals surface area (Å²) in [5.74, 6) is -3.14. The Balaban J connectivity index is 2.13. The molecule has 1 aliphatic heterocycles. The summed E-state index contributed by atoms with van der Waals surface area (Å²) in [6.07, 6.45) is -6.82. The molecular weight excluding hydrogens is 253 g/mol. The number of para-hydroxylation sites is 1. The molecule has 0 spiro atoms. The number of benzene rings is 1. The Labute approximate surface area is 99.3 Å². The molecule has 1 aromatic rings. The van der Waals surface area contributed by atoms with Gasteiger partial charge in [0, 0.05) is 6.42 Å². The zero-order chi connectivity index (χ0) is 13.3. The molecule has 0 bridgehead atoms. The van der Waals surface area contributed by atoms with Crippen LogP contribution in [-0.2, 0) is 20.7 Å². The van der Waals surface area contributed by atoms with Gasteiger partial charge in [-0.15, -0.1) is 0 Å². The average Bonchev–Trinajstić information content (AvgIpc) is 2.28. The number of alkyl halides is 3. The highest BCUT2D eigenvalue weighted by atomic mass is 19.4. The largest absolute Gasteiger partial charge is 0.490 e. The molecule has 0 radical (unpaired) electrons. The Morgan fingerprint density at radius 1 is 1.33 bits per heavy atom. The Morgan fingerprint density at radius 3 is 2.67 bits per heavy atom. The molecule has 0 N–H and O–H groups in total. The lowest BCUT2D eigenvalue weighted by Gasteiger charge is -2.23. The molecule has 0 saturated carbocycles. The maximum absolute atomic E-state index is 12.0. The number of ether oxygens (including phenoxy) is 2. The van der Waals surface area contributed by atoms with E-state index in [1.165, 1.54) is 6.07 Å². The summed E-state index contributed by atoms with van der Waals surface area (Å²) in [6.45, 7) is 0. The van der Waals surface area contributed by atoms with Crippen LogP contribution in [-0.4, -0.2) is 24.2 Å². The molecule has 1 aliphatic rings. The second-order valence-electron chi connectivity index (χ2n) is 3.62. The van der Waals surface area contributed by atoms with Crippen LogP contribution >= 0.6 is 0 Å². The fourth-order valence-electron chi connectivity index (χ4n) is 1.52. The summed E-state index contributed by atoms with van der Waals surface area (Å²) in [6, 6.07) is 6.35. The first-order valence-corrected chi connectivity index (χ1v) is 4.95. The van der Waals surface area contributed by atoms with Crippen LogP contribution in [0, 0.1) is 0 Å². The third kappa shape index (κ3) is 2.44. The van der Waals surface area contributed by atoms with E-state index in [0.29, 0.717) is 5.56 Å². The molecule has 96 valence electrons. The van der Waals surface area contributed by atoms with Crippen LogP contribution in [0.4, 0.5) is 13.2 Å². The monoisotopic (exact) mass is 260 g/mol. The quantitative estimate of drug-likeness (QED) is 0.568. The fourth-order valence-corrected chi connectivity index (χ4v) is 1.52. The third-order valence-corrected chi connectivity index (χ3v) is 2.33. The normalized spacial score (nSPS) is 18.8. The van der Waals surface area contributed by atoms with E-state index in [2.05, 4.69) is 4.74 Å². The topological polar surface area (TPSA) is 52.6 Å². The Kier molecular flexibility index (Phi) is 2.98. The van der Waals surface area contributed by atoms with Crippen molar-refractivity contribution in [1.29, 1.82) is 0 Å². The van der Waals surface area contributed by atoms with Crippen molar-refractivity contribution in [3.8, 4) is 5.75 Å². The minimum Gasteiger partial charge on any atom is -0.443 e. The molecule has 0 fully saturated rings. The van der Waals surface area contributed by atoms with Crippen molar-refractivity contribution in [2.45, 2.75) is 18.7 Å². The first-order valence-electron chi connectivity index (χ1n) is 4.95. The van der Waals surface area contributed by atoms with Crippen molar-refractivity contribution in [1.82, 2.24) is 0 Å². The van der Waals surface area contributed by atoms with Crippen molar-refractivity contribution in [2.24, 2.45) is 0 Å². The standard InChI is InChI=1S/C11H7F3O4/c12-11(13,14)10(16)18-8-5-6-3-1-2-4-7(6)17-9(8)15/h1-4,8H,5H2. The molecule has 1 unspecified atom stereocenters. The molecule has 7 heteroatoms. The lowest BCUT2D eigenvalue weighted by molar-refractivity contribution is -0.207. The van der Waals surface area contributed by atoms with Gasteiger partial charge in [-0.1, -0.05) is 18.2 Å². The van der Waals surface area contributed by atoms with Crippen LogP contribution < -0.4 is 4.74 Å². The van der Waals surface area contributed by atoms with Crippen LogP contribution in [0.15, 0.2) is 24.3 Å². The molecule has 18 heavy (non-hydrogen) atoms. The lowest BCUT2D eigenvalue weighted by atomic mass is 10.0. The van der Waals surface area contributed by atoms with E-state index < -0.39 is 24.2 Å². The van der Waals surface area contributed by atoms with Crippen LogP contribution in [0.25, 0.3) is 0 Å². The van der Waals surface area contributed by atoms with Gasteiger partial charge in [0.2, 0.25) is 6.10 Å². The lowest BCUT2D eigenvalue weighted by Crippen LogP contribution is -2.40. The summed E-state index contributed by atoms with van der Waals surface area (Å²) < 4.78 is 44.9. The number of esters is 2. The second kappa shape index (κ2) is 4.32. The highest BCUT2D eigenvalue weighted by Gasteiger charge is 2.44. The molecular formula is C11H7F3O4. The second-order valence-corrected chi connectivity index (χ2v) is 3.62. The van der Waals surface area contributed by atoms with Crippen LogP contribution in [0.3, 0.4) is 0 Å². The van der Waals surface area contributed by atoms with Gasteiger partial charge in [0.25, 0.3) is 0 Å². The predicted octanol–water partition coefficient (Wildman–Crippen LogP) is 1.62. The third-order valence-electron chi connectivity index (χ3n) is 2.33. The molecule has 2 rings (SSSR count). The highest BCUT2D eigenvalue weighted by molar-refractivity contribution is 5.84. The minimum absolute atomic E-state index is 0.128. The molecule has 1 atom stereocenters. The van der Waals surface area contributed by atoms with Crippen molar-refractivity contribution in [3.05, 3.63) is 29.8 Å². The number of fused-ring (bicyclic) bond motifs is 1. The van der Waals surface area contributed by atoms with Crippen molar-refractivity contribution in [2.75, 3.05) is 0 Å². The van der Waals surface area contributed by atoms with Gasteiger partial charge < -0.3 is 9.47 Å². The smallest absolute Gasteiger partial charge is 0.443 e. The van der Waals surface area contributed by atoms with Crippen LogP contribution in [0.2, 0.25) is 0 Å². The van der Waals surface area contributed by atoms with Gasteiger partial charge in [0.05, 0.1) is 0 Å². The van der Waals surface area contributed by atoms with E-state index in [9.17, 15) is 22.8 Å². The van der Waals surface area contributed by atoms with Crippen LogP contribution in [0.1, 0.15) is 5.56 Å². The number of rotatable bonds is 1. The van der Waals surface area contributed by atoms with Gasteiger partial charge in [-0.2, -0.15) is 13.2 Å². The number of carbonyl (C=O) groups excluding carboxylic acids is 2. The number of carbonyl (C=O) groups is 2. The van der Waals surface area contributed by atoms with Crippen molar-refractivity contribution >= 4 is 11.9 Å². The Morgan fingerprint density at radius 2 is 2.00 bits per heavy atom. The minimum atomic E-state index is -5.13. The molecule has 0 saturated heterocycles. The van der Waals surface area contributed by atoms with E-state index in [4.69, 9.17) is 4.74 Å². The Bertz CT molecular complexity index is 495. The zero-order valence-electron chi connectivity index (χ0n) is 8.86. The van der Waals surface area contributed by atoms with Gasteiger partial charge in [-0.05, 0) is 11.6 Å². The summed E-state index contributed by atoms with van der Waals surface area (Å²) >= 11 is 0. The van der Waals surface area contributed by atoms with Gasteiger partial charge in [0.15, 0.2) is 0 Å². The van der Waals surface area contributed by atoms with Crippen LogP contribution in [0.5, 0.6) is 5.75 Å². The molecule has 0 aliphatic carbocycles. The van der Waals surface area contributed by atoms with Gasteiger partial charge in [-0.25, -0.2) is 9.59 Å². The summed E-state index contributed by atoms with van der Waals surface area (Å²) in [5, 5.41) is 0. The van der Waals surface area contributed by atoms with Crippen molar-refractivity contribution in [3.63, 3.8) is 0 Å². The zero-order valence-corrected chi connectivity index (χ0v) is 8.86. The SMILES string of the molecule is O=C1Oc2ccccc2CC1OC(=O)C(F)(F)F. The van der Waals surface area contributed by atoms with Gasteiger partial charge in [-0.3, -0.25) is 0 Å². The maximum Gasteiger partial charge on any atom is 0.490 e. The first kappa shape index (κ1) is 12.4. The van der Waals surface area contributed by atoms with Crippen molar-refractivity contribution < 1.29 is 32.2 Å². The summed E-state index contributed by atoms with van der Waals surface area (Å²) in [4.78, 5) is 22.0. The van der Waals surface area contributed by atoms with E-state index in [-0.39, 0.29) is 12.2 Å². The molecule has 1 heterocycles. The Hall–Kier alpha value is -2.05.